The molecule has 2 rings (SSSR count). The van der Waals surface area contributed by atoms with Crippen molar-refractivity contribution in [1.29, 1.82) is 0 Å². The largest absolute Gasteiger partial charge is 0.494 e. The summed E-state index contributed by atoms with van der Waals surface area (Å²) in [4.78, 5) is 0. The van der Waals surface area contributed by atoms with E-state index in [1.165, 1.54) is 0 Å². The monoisotopic (exact) mass is 270 g/mol. The summed E-state index contributed by atoms with van der Waals surface area (Å²) in [5.74, 6) is 0.895. The van der Waals surface area contributed by atoms with Crippen LogP contribution in [0.2, 0.25) is 0 Å². The first-order chi connectivity index (χ1) is 7.24. The zero-order valence-corrected chi connectivity index (χ0v) is 10.2. The maximum atomic E-state index is 9.13. The van der Waals surface area contributed by atoms with E-state index in [9.17, 15) is 0 Å². The Morgan fingerprint density at radius 2 is 1.93 bits per heavy atom. The van der Waals surface area contributed by atoms with E-state index in [0.29, 0.717) is 13.2 Å². The highest BCUT2D eigenvalue weighted by Crippen LogP contribution is 2.48. The van der Waals surface area contributed by atoms with Gasteiger partial charge in [-0.25, -0.2) is 0 Å². The van der Waals surface area contributed by atoms with E-state index in [0.717, 1.165) is 29.5 Å². The van der Waals surface area contributed by atoms with Crippen molar-refractivity contribution in [2.75, 3.05) is 13.2 Å². The Morgan fingerprint density at radius 3 is 2.47 bits per heavy atom. The van der Waals surface area contributed by atoms with Crippen LogP contribution in [0.1, 0.15) is 19.3 Å². The van der Waals surface area contributed by atoms with Gasteiger partial charge in [-0.3, -0.25) is 0 Å². The van der Waals surface area contributed by atoms with Crippen molar-refractivity contribution in [2.24, 2.45) is 5.41 Å². The molecule has 0 aliphatic heterocycles. The molecule has 0 saturated heterocycles. The van der Waals surface area contributed by atoms with Gasteiger partial charge in [0, 0.05) is 11.1 Å². The van der Waals surface area contributed by atoms with Crippen LogP contribution in [-0.4, -0.2) is 18.3 Å². The van der Waals surface area contributed by atoms with Crippen LogP contribution in [0.4, 0.5) is 0 Å². The van der Waals surface area contributed by atoms with Crippen molar-refractivity contribution in [1.82, 2.24) is 0 Å². The Hall–Kier alpha value is -0.540. The van der Waals surface area contributed by atoms with E-state index in [1.807, 2.05) is 24.3 Å². The van der Waals surface area contributed by atoms with E-state index < -0.39 is 0 Å². The van der Waals surface area contributed by atoms with Crippen LogP contribution in [0.3, 0.4) is 0 Å². The van der Waals surface area contributed by atoms with Crippen LogP contribution < -0.4 is 4.74 Å². The van der Waals surface area contributed by atoms with Crippen LogP contribution in [0.25, 0.3) is 0 Å². The molecule has 0 unspecified atom stereocenters. The van der Waals surface area contributed by atoms with Crippen molar-refractivity contribution >= 4 is 15.9 Å². The normalized spacial score (nSPS) is 17.5. The number of rotatable bonds is 5. The summed E-state index contributed by atoms with van der Waals surface area (Å²) in [6, 6.07) is 7.83. The number of halogens is 1. The molecule has 0 spiro atoms. The van der Waals surface area contributed by atoms with E-state index in [1.54, 1.807) is 0 Å². The van der Waals surface area contributed by atoms with Gasteiger partial charge in [-0.15, -0.1) is 0 Å². The number of hydrogen-bond acceptors (Lipinski definition) is 2. The molecule has 1 saturated carbocycles. The van der Waals surface area contributed by atoms with Gasteiger partial charge in [-0.2, -0.15) is 0 Å². The van der Waals surface area contributed by atoms with Gasteiger partial charge in [0.05, 0.1) is 6.61 Å². The topological polar surface area (TPSA) is 29.5 Å². The average Bonchev–Trinajstić information content (AvgIpc) is 3.02. The highest BCUT2D eigenvalue weighted by molar-refractivity contribution is 9.10. The van der Waals surface area contributed by atoms with Gasteiger partial charge in [0.25, 0.3) is 0 Å². The first-order valence-corrected chi connectivity index (χ1v) is 6.03. The van der Waals surface area contributed by atoms with Gasteiger partial charge >= 0.3 is 0 Å². The van der Waals surface area contributed by atoms with Gasteiger partial charge in [-0.1, -0.05) is 15.9 Å². The van der Waals surface area contributed by atoms with Crippen LogP contribution in [0.5, 0.6) is 5.75 Å². The fourth-order valence-corrected chi connectivity index (χ4v) is 1.84. The smallest absolute Gasteiger partial charge is 0.119 e. The summed E-state index contributed by atoms with van der Waals surface area (Å²) in [5, 5.41) is 9.13. The highest BCUT2D eigenvalue weighted by atomic mass is 79.9. The fourth-order valence-electron chi connectivity index (χ4n) is 1.58. The molecular formula is C12H15BrO2. The van der Waals surface area contributed by atoms with Crippen molar-refractivity contribution < 1.29 is 9.84 Å². The minimum atomic E-state index is 0.190. The standard InChI is InChI=1S/C12H15BrO2/c13-10-1-3-11(4-2-10)15-8-7-12(9-14)5-6-12/h1-4,14H,5-9H2. The van der Waals surface area contributed by atoms with Crippen LogP contribution in [0.15, 0.2) is 28.7 Å². The Balaban J connectivity index is 1.76. The second-order valence-corrected chi connectivity index (χ2v) is 5.13. The van der Waals surface area contributed by atoms with E-state index in [2.05, 4.69) is 15.9 Å². The molecule has 0 amide bonds. The Kier molecular flexibility index (Phi) is 3.32. The third kappa shape index (κ3) is 2.95. The van der Waals surface area contributed by atoms with Crippen molar-refractivity contribution in [3.63, 3.8) is 0 Å². The van der Waals surface area contributed by atoms with Crippen LogP contribution in [0, 0.1) is 5.41 Å². The Labute approximate surface area is 98.4 Å². The lowest BCUT2D eigenvalue weighted by atomic mass is 10.1. The number of ether oxygens (including phenoxy) is 1. The molecule has 0 atom stereocenters. The molecule has 3 heteroatoms. The fraction of sp³-hybridized carbons (Fsp3) is 0.500. The van der Waals surface area contributed by atoms with E-state index in [4.69, 9.17) is 9.84 Å². The molecule has 1 N–H and O–H groups in total. The summed E-state index contributed by atoms with van der Waals surface area (Å²) in [5.41, 5.74) is 0.190. The summed E-state index contributed by atoms with van der Waals surface area (Å²) in [6.45, 7) is 0.999. The first kappa shape index (κ1) is 11.0. The minimum Gasteiger partial charge on any atom is -0.494 e. The first-order valence-electron chi connectivity index (χ1n) is 5.23. The second-order valence-electron chi connectivity index (χ2n) is 4.21. The van der Waals surface area contributed by atoms with Crippen molar-refractivity contribution in [3.8, 4) is 5.75 Å². The molecule has 1 fully saturated rings. The quantitative estimate of drug-likeness (QED) is 0.892. The van der Waals surface area contributed by atoms with Gasteiger partial charge in [0.15, 0.2) is 0 Å². The minimum absolute atomic E-state index is 0.190. The molecule has 1 aromatic carbocycles. The number of hydrogen-bond donors (Lipinski definition) is 1. The zero-order valence-electron chi connectivity index (χ0n) is 8.58. The van der Waals surface area contributed by atoms with Gasteiger partial charge in [0.2, 0.25) is 0 Å². The van der Waals surface area contributed by atoms with Gasteiger partial charge in [-0.05, 0) is 48.9 Å². The molecule has 0 radical (unpaired) electrons. The lowest BCUT2D eigenvalue weighted by molar-refractivity contribution is 0.176. The average molecular weight is 271 g/mol. The molecule has 0 bridgehead atoms. The van der Waals surface area contributed by atoms with Crippen molar-refractivity contribution in [2.45, 2.75) is 19.3 Å². The Morgan fingerprint density at radius 1 is 1.27 bits per heavy atom. The van der Waals surface area contributed by atoms with Crippen molar-refractivity contribution in [3.05, 3.63) is 28.7 Å². The van der Waals surface area contributed by atoms with Crippen LogP contribution in [-0.2, 0) is 0 Å². The summed E-state index contributed by atoms with van der Waals surface area (Å²) < 4.78 is 6.67. The predicted molar refractivity (Wildman–Crippen MR) is 63.0 cm³/mol. The molecule has 1 aliphatic carbocycles. The maximum Gasteiger partial charge on any atom is 0.119 e. The molecule has 2 nitrogen and oxygen atoms in total. The lowest BCUT2D eigenvalue weighted by Gasteiger charge is -2.12. The third-order valence-electron chi connectivity index (χ3n) is 3.01. The molecular weight excluding hydrogens is 256 g/mol. The number of aliphatic hydroxyl groups excluding tert-OH is 1. The highest BCUT2D eigenvalue weighted by Gasteiger charge is 2.41. The number of aliphatic hydroxyl groups is 1. The summed E-state index contributed by atoms with van der Waals surface area (Å²) in [6.07, 6.45) is 3.25. The molecule has 15 heavy (non-hydrogen) atoms. The third-order valence-corrected chi connectivity index (χ3v) is 3.54. The molecule has 0 heterocycles. The molecule has 82 valence electrons. The van der Waals surface area contributed by atoms with E-state index >= 15 is 0 Å². The zero-order chi connectivity index (χ0) is 10.7. The number of benzene rings is 1. The van der Waals surface area contributed by atoms with Gasteiger partial charge < -0.3 is 9.84 Å². The molecule has 0 aromatic heterocycles. The SMILES string of the molecule is OCC1(CCOc2ccc(Br)cc2)CC1. The maximum absolute atomic E-state index is 9.13. The van der Waals surface area contributed by atoms with Crippen LogP contribution >= 0.6 is 15.9 Å². The second kappa shape index (κ2) is 4.54. The summed E-state index contributed by atoms with van der Waals surface area (Å²) >= 11 is 3.38. The summed E-state index contributed by atoms with van der Waals surface area (Å²) in [7, 11) is 0. The molecule has 1 aromatic rings. The lowest BCUT2D eigenvalue weighted by Crippen LogP contribution is -2.11. The predicted octanol–water partition coefficient (Wildman–Crippen LogP) is 2.99. The van der Waals surface area contributed by atoms with E-state index in [-0.39, 0.29) is 5.41 Å². The van der Waals surface area contributed by atoms with Gasteiger partial charge in [0.1, 0.15) is 5.75 Å². The Bertz CT molecular complexity index is 317. The molecule has 1 aliphatic rings.